The molecule has 0 nitrogen and oxygen atoms in total. The Morgan fingerprint density at radius 3 is 0.595 bits per heavy atom. The van der Waals surface area contributed by atoms with E-state index in [1.165, 1.54) is 102 Å². The molecule has 0 aliphatic heterocycles. The molecule has 5 aromatic heterocycles. The molecule has 0 N–H and O–H groups in total. The average molecular weight is 711 g/mol. The van der Waals surface area contributed by atoms with Crippen LogP contribution in [0.4, 0.5) is 0 Å². The molecule has 0 saturated heterocycles. The lowest BCUT2D eigenvalue weighted by Gasteiger charge is -1.99. The summed E-state index contributed by atoms with van der Waals surface area (Å²) in [6, 6.07) is 0. The van der Waals surface area contributed by atoms with Crippen molar-refractivity contribution in [3.63, 3.8) is 0 Å². The highest BCUT2D eigenvalue weighted by Gasteiger charge is 2.26. The van der Waals surface area contributed by atoms with Gasteiger partial charge in [-0.1, -0.05) is 0 Å². The normalized spacial score (nSPS) is 11.8. The molecule has 5 rings (SSSR count). The fourth-order valence-electron chi connectivity index (χ4n) is 4.64. The second kappa shape index (κ2) is 10.1. The lowest BCUT2D eigenvalue weighted by atomic mass is 10.0. The molecule has 0 spiro atoms. The maximum atomic E-state index is 3.77. The summed E-state index contributed by atoms with van der Waals surface area (Å²) >= 11 is 17.2. The van der Waals surface area contributed by atoms with Gasteiger partial charge in [0.25, 0.3) is 0 Å². The van der Waals surface area contributed by atoms with Gasteiger partial charge in [0.2, 0.25) is 0 Å². The zero-order valence-corrected chi connectivity index (χ0v) is 30.1. The zero-order valence-electron chi connectivity index (χ0n) is 22.8. The van der Waals surface area contributed by atoms with Crippen molar-refractivity contribution in [3.05, 3.63) is 63.2 Å². The van der Waals surface area contributed by atoms with Crippen LogP contribution in [0.2, 0.25) is 0 Å². The number of thiophene rings is 5. The summed E-state index contributed by atoms with van der Waals surface area (Å²) in [6.07, 6.45) is 0. The average Bonchev–Trinajstić information content (AvgIpc) is 3.57. The maximum absolute atomic E-state index is 3.77. The van der Waals surface area contributed by atoms with Gasteiger partial charge in [0.05, 0.1) is 7.57 Å². The van der Waals surface area contributed by atoms with Crippen molar-refractivity contribution in [2.45, 2.75) is 69.2 Å². The van der Waals surface area contributed by atoms with Gasteiger partial charge in [-0.3, -0.25) is 0 Å². The van der Waals surface area contributed by atoms with E-state index >= 15 is 0 Å². The van der Waals surface area contributed by atoms with Crippen LogP contribution in [0.25, 0.3) is 39.0 Å². The second-order valence-corrected chi connectivity index (χ2v) is 17.7. The maximum Gasteiger partial charge on any atom is 0.0737 e. The van der Waals surface area contributed by atoms with E-state index in [1.54, 1.807) is 0 Å². The molecule has 0 bridgehead atoms. The molecule has 5 aromatic rings. The van der Waals surface area contributed by atoms with Crippen molar-refractivity contribution < 1.29 is 0 Å². The Bertz CT molecular complexity index is 1570. The van der Waals surface area contributed by atoms with Crippen molar-refractivity contribution in [1.82, 2.24) is 0 Å². The fraction of sp³-hybridized carbons (Fsp3) is 0.333. The van der Waals surface area contributed by atoms with Crippen molar-refractivity contribution in [3.8, 4) is 39.0 Å². The minimum absolute atomic E-state index is 1.25. The van der Waals surface area contributed by atoms with E-state index in [-0.39, 0.29) is 0 Å². The molecule has 0 aliphatic carbocycles. The Labute approximate surface area is 257 Å². The molecule has 0 atom stereocenters. The summed E-state index contributed by atoms with van der Waals surface area (Å²) in [5, 5.41) is 0. The molecule has 7 heteroatoms. The molecule has 0 unspecified atom stereocenters. The van der Waals surface area contributed by atoms with Gasteiger partial charge in [0.1, 0.15) is 0 Å². The van der Waals surface area contributed by atoms with Crippen LogP contribution in [0.1, 0.15) is 55.6 Å². The Balaban J connectivity index is 1.65. The van der Waals surface area contributed by atoms with E-state index < -0.39 is 0 Å². The van der Waals surface area contributed by atoms with Gasteiger partial charge in [0, 0.05) is 39.0 Å². The predicted octanol–water partition coefficient (Wildman–Crippen LogP) is 13.3. The highest BCUT2D eigenvalue weighted by atomic mass is 79.9. The van der Waals surface area contributed by atoms with Crippen LogP contribution in [0.5, 0.6) is 0 Å². The van der Waals surface area contributed by atoms with Crippen LogP contribution in [-0.4, -0.2) is 0 Å². The standard InChI is InChI=1S/C30H30Br2S5/c1-11-12(2)22(24-14(4)16(6)26(35-24)28-18(8)20(10)30(32)37-28)33-21(11)23-13(3)15(5)25(34-23)27-17(7)19(9)29(31)36-27/h1-10H3. The van der Waals surface area contributed by atoms with Crippen LogP contribution in [-0.2, 0) is 0 Å². The number of hydrogen-bond donors (Lipinski definition) is 0. The molecule has 0 aromatic carbocycles. The summed E-state index contributed by atoms with van der Waals surface area (Å²) in [7, 11) is 0. The summed E-state index contributed by atoms with van der Waals surface area (Å²) in [6.45, 7) is 22.8. The smallest absolute Gasteiger partial charge is 0.0737 e. The largest absolute Gasteiger partial charge is 0.133 e. The highest BCUT2D eigenvalue weighted by molar-refractivity contribution is 9.11. The first-order valence-corrected chi connectivity index (χ1v) is 17.8. The summed E-state index contributed by atoms with van der Waals surface area (Å²) in [5.41, 5.74) is 14.1. The van der Waals surface area contributed by atoms with Gasteiger partial charge in [-0.05, 0) is 157 Å². The second-order valence-electron chi connectivity index (χ2n) is 9.94. The molecule has 194 valence electrons. The first kappa shape index (κ1) is 28.0. The Kier molecular flexibility index (Phi) is 7.67. The van der Waals surface area contributed by atoms with Gasteiger partial charge >= 0.3 is 0 Å². The first-order chi connectivity index (χ1) is 17.3. The number of hydrogen-bond acceptors (Lipinski definition) is 5. The third-order valence-electron chi connectivity index (χ3n) is 7.95. The SMILES string of the molecule is Cc1c(Br)sc(-c2sc(-c3sc(-c4sc(-c5sc(Br)c(C)c5C)c(C)c4C)c(C)c3C)c(C)c2C)c1C. The zero-order chi connectivity index (χ0) is 27.1. The quantitative estimate of drug-likeness (QED) is 0.174. The topological polar surface area (TPSA) is 0 Å². The van der Waals surface area contributed by atoms with E-state index in [0.717, 1.165) is 0 Å². The van der Waals surface area contributed by atoms with Crippen LogP contribution >= 0.6 is 88.5 Å². The lowest BCUT2D eigenvalue weighted by molar-refractivity contribution is 1.36. The molecule has 0 fully saturated rings. The molecule has 0 radical (unpaired) electrons. The minimum Gasteiger partial charge on any atom is -0.133 e. The van der Waals surface area contributed by atoms with E-state index in [4.69, 9.17) is 0 Å². The lowest BCUT2D eigenvalue weighted by Crippen LogP contribution is -1.81. The molecule has 0 aliphatic rings. The van der Waals surface area contributed by atoms with Crippen LogP contribution in [0.15, 0.2) is 7.57 Å². The molecular formula is C30H30Br2S5. The Morgan fingerprint density at radius 2 is 0.432 bits per heavy atom. The van der Waals surface area contributed by atoms with Crippen molar-refractivity contribution in [1.29, 1.82) is 0 Å². The summed E-state index contributed by atoms with van der Waals surface area (Å²) in [5.74, 6) is 0. The highest BCUT2D eigenvalue weighted by Crippen LogP contribution is 2.54. The summed E-state index contributed by atoms with van der Waals surface area (Å²) < 4.78 is 2.50. The number of rotatable bonds is 4. The summed E-state index contributed by atoms with van der Waals surface area (Å²) in [4.78, 5) is 11.4. The number of halogens is 2. The molecule has 37 heavy (non-hydrogen) atoms. The van der Waals surface area contributed by atoms with Crippen LogP contribution in [0.3, 0.4) is 0 Å². The minimum atomic E-state index is 1.25. The van der Waals surface area contributed by atoms with Crippen LogP contribution in [0, 0.1) is 69.2 Å². The van der Waals surface area contributed by atoms with Crippen molar-refractivity contribution in [2.75, 3.05) is 0 Å². The third kappa shape index (κ3) is 4.36. The molecular weight excluding hydrogens is 680 g/mol. The van der Waals surface area contributed by atoms with Gasteiger partial charge in [-0.2, -0.15) is 0 Å². The molecule has 0 amide bonds. The molecule has 5 heterocycles. The third-order valence-corrected chi connectivity index (χ3v) is 17.3. The van der Waals surface area contributed by atoms with Gasteiger partial charge in [-0.15, -0.1) is 56.7 Å². The Hall–Kier alpha value is -0.540. The van der Waals surface area contributed by atoms with E-state index in [9.17, 15) is 0 Å². The van der Waals surface area contributed by atoms with Crippen molar-refractivity contribution >= 4 is 88.5 Å². The van der Waals surface area contributed by atoms with Crippen molar-refractivity contribution in [2.24, 2.45) is 0 Å². The Morgan fingerprint density at radius 1 is 0.270 bits per heavy atom. The van der Waals surface area contributed by atoms with Gasteiger partial charge in [-0.25, -0.2) is 0 Å². The van der Waals surface area contributed by atoms with E-state index in [2.05, 4.69) is 101 Å². The van der Waals surface area contributed by atoms with E-state index in [0.29, 0.717) is 0 Å². The predicted molar refractivity (Wildman–Crippen MR) is 180 cm³/mol. The molecule has 0 saturated carbocycles. The van der Waals surface area contributed by atoms with E-state index in [1.807, 2.05) is 56.7 Å². The van der Waals surface area contributed by atoms with Crippen LogP contribution < -0.4 is 0 Å². The fourth-order valence-corrected chi connectivity index (χ4v) is 13.2. The van der Waals surface area contributed by atoms with Gasteiger partial charge in [0.15, 0.2) is 0 Å². The first-order valence-electron chi connectivity index (χ1n) is 12.2. The van der Waals surface area contributed by atoms with Gasteiger partial charge < -0.3 is 0 Å². The monoisotopic (exact) mass is 708 g/mol.